The molecule has 4 heteroatoms. The summed E-state index contributed by atoms with van der Waals surface area (Å²) in [4.78, 5) is 7.44. The van der Waals surface area contributed by atoms with Gasteiger partial charge in [-0.25, -0.2) is 14.4 Å². The second-order valence-corrected chi connectivity index (χ2v) is 2.12. The standard InChI is InChI=1S/C8H9FN2O/c1-12-4-2-3-8-10-5-7(9)6-11-8/h2-3,5-6H,4H2,1H3/b3-2+. The van der Waals surface area contributed by atoms with Gasteiger partial charge < -0.3 is 4.74 Å². The first-order valence-electron chi connectivity index (χ1n) is 3.46. The molecule has 1 heterocycles. The molecule has 0 bridgehead atoms. The quantitative estimate of drug-likeness (QED) is 0.681. The first-order valence-corrected chi connectivity index (χ1v) is 3.46. The molecule has 0 saturated carbocycles. The molecule has 0 aromatic carbocycles. The number of ether oxygens (including phenoxy) is 1. The summed E-state index contributed by atoms with van der Waals surface area (Å²) in [7, 11) is 1.59. The van der Waals surface area contributed by atoms with Gasteiger partial charge in [0.25, 0.3) is 0 Å². The number of rotatable bonds is 3. The van der Waals surface area contributed by atoms with Crippen LogP contribution < -0.4 is 0 Å². The SMILES string of the molecule is COC/C=C/c1ncc(F)cn1. The fraction of sp³-hybridized carbons (Fsp3) is 0.250. The van der Waals surface area contributed by atoms with Crippen LogP contribution in [0.5, 0.6) is 0 Å². The normalized spacial score (nSPS) is 10.8. The van der Waals surface area contributed by atoms with Gasteiger partial charge in [-0.05, 0) is 6.08 Å². The maximum atomic E-state index is 12.3. The number of aromatic nitrogens is 2. The first kappa shape index (κ1) is 8.80. The monoisotopic (exact) mass is 168 g/mol. The van der Waals surface area contributed by atoms with Crippen LogP contribution in [0.1, 0.15) is 5.82 Å². The number of hydrogen-bond donors (Lipinski definition) is 0. The summed E-state index contributed by atoms with van der Waals surface area (Å²) in [6, 6.07) is 0. The molecular weight excluding hydrogens is 159 g/mol. The van der Waals surface area contributed by atoms with Crippen LogP contribution in [-0.2, 0) is 4.74 Å². The van der Waals surface area contributed by atoms with Crippen molar-refractivity contribution in [1.29, 1.82) is 0 Å². The minimum absolute atomic E-state index is 0.432. The maximum absolute atomic E-state index is 12.3. The molecule has 1 aromatic heterocycles. The van der Waals surface area contributed by atoms with Crippen LogP contribution in [0.4, 0.5) is 4.39 Å². The average Bonchev–Trinajstić information content (AvgIpc) is 2.09. The van der Waals surface area contributed by atoms with E-state index < -0.39 is 5.82 Å². The number of hydrogen-bond acceptors (Lipinski definition) is 3. The van der Waals surface area contributed by atoms with Gasteiger partial charge >= 0.3 is 0 Å². The van der Waals surface area contributed by atoms with E-state index in [9.17, 15) is 4.39 Å². The summed E-state index contributed by atoms with van der Waals surface area (Å²) in [5, 5.41) is 0. The predicted octanol–water partition coefficient (Wildman–Crippen LogP) is 1.28. The van der Waals surface area contributed by atoms with E-state index in [1.54, 1.807) is 19.3 Å². The zero-order chi connectivity index (χ0) is 8.81. The van der Waals surface area contributed by atoms with Crippen molar-refractivity contribution in [2.75, 3.05) is 13.7 Å². The van der Waals surface area contributed by atoms with E-state index in [0.717, 1.165) is 12.4 Å². The van der Waals surface area contributed by atoms with Gasteiger partial charge in [-0.3, -0.25) is 0 Å². The molecule has 12 heavy (non-hydrogen) atoms. The van der Waals surface area contributed by atoms with Crippen molar-refractivity contribution in [1.82, 2.24) is 9.97 Å². The summed E-state index contributed by atoms with van der Waals surface area (Å²) < 4.78 is 17.1. The molecule has 1 aromatic rings. The lowest BCUT2D eigenvalue weighted by atomic mass is 10.4. The highest BCUT2D eigenvalue weighted by atomic mass is 19.1. The van der Waals surface area contributed by atoms with Gasteiger partial charge in [0.2, 0.25) is 0 Å². The van der Waals surface area contributed by atoms with Crippen LogP contribution in [0.25, 0.3) is 6.08 Å². The van der Waals surface area contributed by atoms with Crippen LogP contribution in [-0.4, -0.2) is 23.7 Å². The average molecular weight is 168 g/mol. The highest BCUT2D eigenvalue weighted by molar-refractivity contribution is 5.38. The van der Waals surface area contributed by atoms with Crippen LogP contribution >= 0.6 is 0 Å². The Hall–Kier alpha value is -1.29. The summed E-state index contributed by atoms with van der Waals surface area (Å²) in [6.45, 7) is 0.501. The Balaban J connectivity index is 2.58. The van der Waals surface area contributed by atoms with E-state index in [-0.39, 0.29) is 0 Å². The maximum Gasteiger partial charge on any atom is 0.159 e. The molecule has 0 saturated heterocycles. The summed E-state index contributed by atoms with van der Waals surface area (Å²) in [6.07, 6.45) is 5.68. The Labute approximate surface area is 69.9 Å². The minimum Gasteiger partial charge on any atom is -0.381 e. The van der Waals surface area contributed by atoms with E-state index in [1.807, 2.05) is 0 Å². The zero-order valence-electron chi connectivity index (χ0n) is 6.70. The minimum atomic E-state index is -0.432. The smallest absolute Gasteiger partial charge is 0.159 e. The van der Waals surface area contributed by atoms with Gasteiger partial charge in [0.05, 0.1) is 19.0 Å². The van der Waals surface area contributed by atoms with Gasteiger partial charge in [0, 0.05) is 7.11 Å². The number of halogens is 1. The van der Waals surface area contributed by atoms with Crippen LogP contribution in [0.2, 0.25) is 0 Å². The lowest BCUT2D eigenvalue weighted by molar-refractivity contribution is 0.234. The van der Waals surface area contributed by atoms with Crippen molar-refractivity contribution in [3.05, 3.63) is 30.1 Å². The fourth-order valence-electron chi connectivity index (χ4n) is 0.658. The second-order valence-electron chi connectivity index (χ2n) is 2.12. The van der Waals surface area contributed by atoms with Gasteiger partial charge in [0.1, 0.15) is 0 Å². The summed E-state index contributed by atoms with van der Waals surface area (Å²) >= 11 is 0. The van der Waals surface area contributed by atoms with Crippen LogP contribution in [0.3, 0.4) is 0 Å². The molecule has 0 spiro atoms. The molecule has 0 aliphatic heterocycles. The molecule has 1 rings (SSSR count). The fourth-order valence-corrected chi connectivity index (χ4v) is 0.658. The highest BCUT2D eigenvalue weighted by Gasteiger charge is 1.90. The Morgan fingerprint density at radius 3 is 2.75 bits per heavy atom. The number of nitrogens with zero attached hydrogens (tertiary/aromatic N) is 2. The highest BCUT2D eigenvalue weighted by Crippen LogP contribution is 1.94. The van der Waals surface area contributed by atoms with E-state index >= 15 is 0 Å². The van der Waals surface area contributed by atoms with Crippen LogP contribution in [0, 0.1) is 5.82 Å². The van der Waals surface area contributed by atoms with E-state index in [1.165, 1.54) is 0 Å². The summed E-state index contributed by atoms with van der Waals surface area (Å²) in [5.41, 5.74) is 0. The molecule has 0 N–H and O–H groups in total. The molecule has 0 radical (unpaired) electrons. The van der Waals surface area contributed by atoms with E-state index in [2.05, 4.69) is 9.97 Å². The third-order valence-electron chi connectivity index (χ3n) is 1.17. The van der Waals surface area contributed by atoms with Crippen molar-refractivity contribution in [3.8, 4) is 0 Å². The van der Waals surface area contributed by atoms with Gasteiger partial charge in [-0.15, -0.1) is 0 Å². The Bertz CT molecular complexity index is 258. The lowest BCUT2D eigenvalue weighted by Gasteiger charge is -1.90. The zero-order valence-corrected chi connectivity index (χ0v) is 6.70. The van der Waals surface area contributed by atoms with E-state index in [4.69, 9.17) is 4.74 Å². The van der Waals surface area contributed by atoms with Crippen molar-refractivity contribution in [2.24, 2.45) is 0 Å². The molecule has 0 unspecified atom stereocenters. The summed E-state index contributed by atoms with van der Waals surface area (Å²) in [5.74, 6) is 0.0485. The number of methoxy groups -OCH3 is 1. The van der Waals surface area contributed by atoms with Crippen molar-refractivity contribution in [3.63, 3.8) is 0 Å². The second kappa shape index (κ2) is 4.56. The molecule has 0 atom stereocenters. The van der Waals surface area contributed by atoms with E-state index in [0.29, 0.717) is 12.4 Å². The molecule has 64 valence electrons. The first-order chi connectivity index (χ1) is 5.83. The van der Waals surface area contributed by atoms with Crippen LogP contribution in [0.15, 0.2) is 18.5 Å². The van der Waals surface area contributed by atoms with Crippen molar-refractivity contribution < 1.29 is 9.13 Å². The molecule has 0 fully saturated rings. The Morgan fingerprint density at radius 2 is 2.17 bits per heavy atom. The Kier molecular flexibility index (Phi) is 3.35. The molecule has 0 amide bonds. The lowest BCUT2D eigenvalue weighted by Crippen LogP contribution is -1.88. The van der Waals surface area contributed by atoms with Gasteiger partial charge in [0.15, 0.2) is 11.6 Å². The molecular formula is C8H9FN2O. The molecule has 0 aliphatic carbocycles. The largest absolute Gasteiger partial charge is 0.381 e. The third kappa shape index (κ3) is 2.75. The topological polar surface area (TPSA) is 35.0 Å². The van der Waals surface area contributed by atoms with Crippen molar-refractivity contribution in [2.45, 2.75) is 0 Å². The molecule has 3 nitrogen and oxygen atoms in total. The Morgan fingerprint density at radius 1 is 1.50 bits per heavy atom. The van der Waals surface area contributed by atoms with Crippen molar-refractivity contribution >= 4 is 6.08 Å². The van der Waals surface area contributed by atoms with Gasteiger partial charge in [-0.1, -0.05) is 6.08 Å². The molecule has 0 aliphatic rings. The third-order valence-corrected chi connectivity index (χ3v) is 1.17. The van der Waals surface area contributed by atoms with Gasteiger partial charge in [-0.2, -0.15) is 0 Å². The predicted molar refractivity (Wildman–Crippen MR) is 42.9 cm³/mol.